The number of Topliss-reactive ketones (excluding diaryl/α,β-unsaturated/α-hetero) is 1. The Morgan fingerprint density at radius 3 is 2.79 bits per heavy atom. The number of ketones is 1. The topological polar surface area (TPSA) is 49.9 Å². The van der Waals surface area contributed by atoms with Crippen LogP contribution in [0.4, 0.5) is 0 Å². The van der Waals surface area contributed by atoms with Crippen LogP contribution in [0.1, 0.15) is 56.4 Å². The lowest BCUT2D eigenvalue weighted by atomic mass is 9.70. The Kier molecular flexibility index (Phi) is 4.56. The molecule has 1 aliphatic rings. The number of carbonyl (C=O) groups is 1. The number of H-pyrrole nitrogens is 1. The molecule has 1 saturated carbocycles. The van der Waals surface area contributed by atoms with Crippen LogP contribution in [0.2, 0.25) is 0 Å². The summed E-state index contributed by atoms with van der Waals surface area (Å²) in [6.07, 6.45) is 5.57. The molecule has 1 aromatic heterocycles. The van der Waals surface area contributed by atoms with Gasteiger partial charge in [-0.25, -0.2) is 0 Å². The van der Waals surface area contributed by atoms with Crippen molar-refractivity contribution in [2.24, 2.45) is 17.8 Å². The smallest absolute Gasteiger partial charge is 0.248 e. The van der Waals surface area contributed by atoms with E-state index in [0.29, 0.717) is 17.5 Å². The lowest BCUT2D eigenvalue weighted by molar-refractivity contribution is 0.0757. The van der Waals surface area contributed by atoms with E-state index in [9.17, 15) is 9.59 Å². The highest BCUT2D eigenvalue weighted by Crippen LogP contribution is 2.37. The maximum Gasteiger partial charge on any atom is 0.248 e. The first-order valence-electron chi connectivity index (χ1n) is 7.37. The van der Waals surface area contributed by atoms with Crippen LogP contribution in [-0.2, 0) is 0 Å². The van der Waals surface area contributed by atoms with Gasteiger partial charge in [-0.05, 0) is 30.7 Å². The van der Waals surface area contributed by atoms with Gasteiger partial charge in [-0.2, -0.15) is 0 Å². The largest absolute Gasteiger partial charge is 0.319 e. The number of rotatable bonds is 4. The van der Waals surface area contributed by atoms with Gasteiger partial charge in [0.05, 0.1) is 5.69 Å². The van der Waals surface area contributed by atoms with E-state index in [1.807, 2.05) is 0 Å². The number of hydrogen-bond donors (Lipinski definition) is 1. The molecule has 0 aromatic carbocycles. The predicted octanol–water partition coefficient (Wildman–Crippen LogP) is 3.41. The third kappa shape index (κ3) is 3.14. The van der Waals surface area contributed by atoms with Crippen LogP contribution in [0.5, 0.6) is 0 Å². The van der Waals surface area contributed by atoms with E-state index in [1.165, 1.54) is 12.5 Å². The number of nitrogens with one attached hydrogen (secondary N) is 1. The standard InChI is InChI=1S/C16H23NO2/c1-3-11(2)12-7-4-5-8-13(12)16(19)14-9-6-10-15(18)17-14/h6,9-13H,3-5,7-8H2,1-2H3,(H,17,18). The van der Waals surface area contributed by atoms with Crippen molar-refractivity contribution >= 4 is 5.78 Å². The Morgan fingerprint density at radius 1 is 1.37 bits per heavy atom. The highest BCUT2D eigenvalue weighted by molar-refractivity contribution is 5.96. The number of carbonyl (C=O) groups excluding carboxylic acids is 1. The summed E-state index contributed by atoms with van der Waals surface area (Å²) in [7, 11) is 0. The average molecular weight is 261 g/mol. The number of aromatic amines is 1. The Bertz CT molecular complexity index is 492. The quantitative estimate of drug-likeness (QED) is 0.844. The average Bonchev–Trinajstić information content (AvgIpc) is 2.45. The molecule has 0 radical (unpaired) electrons. The lowest BCUT2D eigenvalue weighted by Gasteiger charge is -2.34. The molecular formula is C16H23NO2. The zero-order valence-corrected chi connectivity index (χ0v) is 11.8. The Balaban J connectivity index is 2.22. The maximum atomic E-state index is 12.6. The van der Waals surface area contributed by atoms with Crippen LogP contribution in [0.15, 0.2) is 23.0 Å². The second-order valence-corrected chi connectivity index (χ2v) is 5.73. The summed E-state index contributed by atoms with van der Waals surface area (Å²) >= 11 is 0. The molecule has 0 saturated heterocycles. The van der Waals surface area contributed by atoms with Crippen LogP contribution in [0.3, 0.4) is 0 Å². The summed E-state index contributed by atoms with van der Waals surface area (Å²) in [5.74, 6) is 1.25. The Labute approximate surface area is 114 Å². The molecule has 104 valence electrons. The van der Waals surface area contributed by atoms with Crippen LogP contribution in [0, 0.1) is 17.8 Å². The maximum absolute atomic E-state index is 12.6. The third-order valence-corrected chi connectivity index (χ3v) is 4.56. The van der Waals surface area contributed by atoms with Crippen molar-refractivity contribution < 1.29 is 4.79 Å². The van der Waals surface area contributed by atoms with Crippen LogP contribution >= 0.6 is 0 Å². The van der Waals surface area contributed by atoms with Crippen molar-refractivity contribution in [1.29, 1.82) is 0 Å². The molecule has 3 nitrogen and oxygen atoms in total. The molecule has 1 fully saturated rings. The van der Waals surface area contributed by atoms with Crippen molar-refractivity contribution in [3.63, 3.8) is 0 Å². The van der Waals surface area contributed by atoms with E-state index in [-0.39, 0.29) is 17.3 Å². The third-order valence-electron chi connectivity index (χ3n) is 4.56. The van der Waals surface area contributed by atoms with Gasteiger partial charge >= 0.3 is 0 Å². The van der Waals surface area contributed by atoms with E-state index in [1.54, 1.807) is 12.1 Å². The van der Waals surface area contributed by atoms with Crippen LogP contribution < -0.4 is 5.56 Å². The van der Waals surface area contributed by atoms with Crippen molar-refractivity contribution in [1.82, 2.24) is 4.98 Å². The molecule has 3 atom stereocenters. The lowest BCUT2D eigenvalue weighted by Crippen LogP contribution is -2.32. The van der Waals surface area contributed by atoms with Crippen LogP contribution in [-0.4, -0.2) is 10.8 Å². The molecule has 1 aliphatic carbocycles. The Morgan fingerprint density at radius 2 is 2.11 bits per heavy atom. The molecule has 2 rings (SSSR count). The van der Waals surface area contributed by atoms with Gasteiger partial charge < -0.3 is 4.98 Å². The summed E-state index contributed by atoms with van der Waals surface area (Å²) in [5, 5.41) is 0. The van der Waals surface area contributed by atoms with Gasteiger partial charge in [0.1, 0.15) is 0 Å². The second-order valence-electron chi connectivity index (χ2n) is 5.73. The first-order chi connectivity index (χ1) is 9.13. The molecular weight excluding hydrogens is 238 g/mol. The molecule has 1 heterocycles. The zero-order valence-electron chi connectivity index (χ0n) is 11.8. The molecule has 0 spiro atoms. The summed E-state index contributed by atoms with van der Waals surface area (Å²) in [5.41, 5.74) is 0.287. The molecule has 1 aromatic rings. The van der Waals surface area contributed by atoms with E-state index in [0.717, 1.165) is 25.7 Å². The van der Waals surface area contributed by atoms with Gasteiger partial charge in [-0.1, -0.05) is 39.2 Å². The zero-order chi connectivity index (χ0) is 13.8. The Hall–Kier alpha value is -1.38. The molecule has 0 amide bonds. The fourth-order valence-electron chi connectivity index (χ4n) is 3.26. The minimum atomic E-state index is -0.193. The minimum Gasteiger partial charge on any atom is -0.319 e. The van der Waals surface area contributed by atoms with Gasteiger partial charge in [0.2, 0.25) is 5.56 Å². The molecule has 3 unspecified atom stereocenters. The summed E-state index contributed by atoms with van der Waals surface area (Å²) in [6.45, 7) is 4.43. The van der Waals surface area contributed by atoms with E-state index < -0.39 is 0 Å². The van der Waals surface area contributed by atoms with Crippen LogP contribution in [0.25, 0.3) is 0 Å². The van der Waals surface area contributed by atoms with Crippen molar-refractivity contribution in [2.45, 2.75) is 46.0 Å². The second kappa shape index (κ2) is 6.18. The van der Waals surface area contributed by atoms with E-state index in [2.05, 4.69) is 18.8 Å². The first kappa shape index (κ1) is 14.0. The summed E-state index contributed by atoms with van der Waals surface area (Å²) < 4.78 is 0. The monoisotopic (exact) mass is 261 g/mol. The van der Waals surface area contributed by atoms with Gasteiger partial charge in [0.25, 0.3) is 0 Å². The fraction of sp³-hybridized carbons (Fsp3) is 0.625. The van der Waals surface area contributed by atoms with Crippen molar-refractivity contribution in [2.75, 3.05) is 0 Å². The number of hydrogen-bond acceptors (Lipinski definition) is 2. The highest BCUT2D eigenvalue weighted by Gasteiger charge is 2.34. The van der Waals surface area contributed by atoms with E-state index in [4.69, 9.17) is 0 Å². The van der Waals surface area contributed by atoms with Gasteiger partial charge in [0, 0.05) is 12.0 Å². The SMILES string of the molecule is CCC(C)C1CCCCC1C(=O)c1cccc(=O)[nH]1. The summed E-state index contributed by atoms with van der Waals surface area (Å²) in [4.78, 5) is 26.6. The molecule has 1 N–H and O–H groups in total. The van der Waals surface area contributed by atoms with Gasteiger partial charge in [-0.3, -0.25) is 9.59 Å². The number of aromatic nitrogens is 1. The first-order valence-corrected chi connectivity index (χ1v) is 7.37. The highest BCUT2D eigenvalue weighted by atomic mass is 16.1. The molecule has 0 bridgehead atoms. The normalized spacial score (nSPS) is 24.9. The van der Waals surface area contributed by atoms with E-state index >= 15 is 0 Å². The summed E-state index contributed by atoms with van der Waals surface area (Å²) in [6, 6.07) is 4.84. The van der Waals surface area contributed by atoms with Crippen molar-refractivity contribution in [3.8, 4) is 0 Å². The minimum absolute atomic E-state index is 0.0850. The van der Waals surface area contributed by atoms with Gasteiger partial charge in [-0.15, -0.1) is 0 Å². The molecule has 19 heavy (non-hydrogen) atoms. The van der Waals surface area contributed by atoms with Gasteiger partial charge in [0.15, 0.2) is 5.78 Å². The van der Waals surface area contributed by atoms with Crippen molar-refractivity contribution in [3.05, 3.63) is 34.2 Å². The fourth-order valence-corrected chi connectivity index (χ4v) is 3.26. The number of pyridine rings is 1. The molecule has 3 heteroatoms. The predicted molar refractivity (Wildman–Crippen MR) is 76.3 cm³/mol. The molecule has 0 aliphatic heterocycles.